The number of nitrogens with zero attached hydrogens (tertiary/aromatic N) is 4. The molecule has 0 saturated carbocycles. The van der Waals surface area contributed by atoms with Gasteiger partial charge in [-0.15, -0.1) is 0 Å². The maximum absolute atomic E-state index is 13.0. The second kappa shape index (κ2) is 12.4. The molecular weight excluding hydrogens is 498 g/mol. The number of carbonyl (C=O) groups excluding carboxylic acids is 4. The van der Waals surface area contributed by atoms with Crippen LogP contribution in [-0.2, 0) is 23.1 Å². The van der Waals surface area contributed by atoms with Crippen LogP contribution in [0.1, 0.15) is 59.1 Å². The Balaban J connectivity index is 1.53. The monoisotopic (exact) mass is 531 g/mol. The van der Waals surface area contributed by atoms with E-state index >= 15 is 0 Å². The van der Waals surface area contributed by atoms with Gasteiger partial charge in [0, 0.05) is 32.8 Å². The molecule has 2 heterocycles. The summed E-state index contributed by atoms with van der Waals surface area (Å²) in [6.07, 6.45) is 5.23. The number of unbranched alkanes of at least 4 members (excludes halogenated alkanes) is 1. The summed E-state index contributed by atoms with van der Waals surface area (Å²) in [5.74, 6) is 0.226. The van der Waals surface area contributed by atoms with E-state index in [9.17, 15) is 19.2 Å². The number of aryl methyl sites for hydroxylation is 1. The van der Waals surface area contributed by atoms with Gasteiger partial charge < -0.3 is 14.8 Å². The quantitative estimate of drug-likeness (QED) is 0.289. The summed E-state index contributed by atoms with van der Waals surface area (Å²) in [4.78, 5) is 57.9. The highest BCUT2D eigenvalue weighted by Gasteiger charge is 2.35. The van der Waals surface area contributed by atoms with Crippen molar-refractivity contribution >= 4 is 54.7 Å². The number of thiol groups is 2. The Morgan fingerprint density at radius 2 is 1.78 bits per heavy atom. The molecule has 36 heavy (non-hydrogen) atoms. The molecule has 194 valence electrons. The maximum Gasteiger partial charge on any atom is 0.261 e. The van der Waals surface area contributed by atoms with Crippen LogP contribution in [0.4, 0.5) is 5.82 Å². The first kappa shape index (κ1) is 27.8. The van der Waals surface area contributed by atoms with E-state index in [1.54, 1.807) is 37.5 Å². The summed E-state index contributed by atoms with van der Waals surface area (Å²) >= 11 is 8.73. The first-order valence-electron chi connectivity index (χ1n) is 12.0. The van der Waals surface area contributed by atoms with E-state index in [1.165, 1.54) is 9.80 Å². The minimum Gasteiger partial charge on any atom is -0.332 e. The van der Waals surface area contributed by atoms with E-state index in [0.717, 1.165) is 25.1 Å². The van der Waals surface area contributed by atoms with Crippen molar-refractivity contribution in [3.05, 3.63) is 47.4 Å². The topological polar surface area (TPSA) is 105 Å². The second-order valence-corrected chi connectivity index (χ2v) is 9.81. The molecule has 0 spiro atoms. The number of benzene rings is 1. The molecule has 2 atom stereocenters. The number of rotatable bonds is 12. The highest BCUT2D eigenvalue weighted by atomic mass is 32.1. The summed E-state index contributed by atoms with van der Waals surface area (Å²) in [6.45, 7) is 2.30. The number of imide groups is 1. The minimum absolute atomic E-state index is 0.129. The summed E-state index contributed by atoms with van der Waals surface area (Å²) < 4.78 is 1.84. The lowest BCUT2D eigenvalue weighted by molar-refractivity contribution is -0.135. The Kier molecular flexibility index (Phi) is 9.61. The van der Waals surface area contributed by atoms with Crippen LogP contribution in [0.15, 0.2) is 30.5 Å². The number of fused-ring (bicyclic) bond motifs is 1. The average molecular weight is 532 g/mol. The Hall–Kier alpha value is -2.79. The van der Waals surface area contributed by atoms with Crippen LogP contribution in [0.3, 0.4) is 0 Å². The Bertz CT molecular complexity index is 1100. The lowest BCUT2D eigenvalue weighted by Gasteiger charge is -2.28. The van der Waals surface area contributed by atoms with Crippen LogP contribution in [-0.4, -0.2) is 73.6 Å². The fraction of sp³-hybridized carbons (Fsp3) is 0.480. The van der Waals surface area contributed by atoms with Gasteiger partial charge in [0.05, 0.1) is 22.6 Å². The van der Waals surface area contributed by atoms with Crippen molar-refractivity contribution in [1.29, 1.82) is 0 Å². The Morgan fingerprint density at radius 3 is 2.36 bits per heavy atom. The van der Waals surface area contributed by atoms with Gasteiger partial charge in [-0.05, 0) is 31.4 Å². The molecule has 0 unspecified atom stereocenters. The minimum atomic E-state index is -0.805. The average Bonchev–Trinajstić information content (AvgIpc) is 3.34. The summed E-state index contributed by atoms with van der Waals surface area (Å²) in [5.41, 5.74) is 0.795. The third kappa shape index (κ3) is 5.95. The van der Waals surface area contributed by atoms with Gasteiger partial charge in [-0.2, -0.15) is 25.3 Å². The van der Waals surface area contributed by atoms with Crippen LogP contribution < -0.4 is 5.32 Å². The zero-order chi connectivity index (χ0) is 26.4. The predicted octanol–water partition coefficient (Wildman–Crippen LogP) is 2.83. The maximum atomic E-state index is 13.0. The third-order valence-corrected chi connectivity index (χ3v) is 7.23. The molecule has 1 N–H and O–H groups in total. The zero-order valence-electron chi connectivity index (χ0n) is 20.8. The summed E-state index contributed by atoms with van der Waals surface area (Å²) in [7, 11) is 3.39. The van der Waals surface area contributed by atoms with Crippen molar-refractivity contribution in [3.63, 3.8) is 0 Å². The van der Waals surface area contributed by atoms with E-state index in [2.05, 4.69) is 42.5 Å². The Morgan fingerprint density at radius 1 is 1.14 bits per heavy atom. The van der Waals surface area contributed by atoms with Gasteiger partial charge in [-0.1, -0.05) is 25.5 Å². The third-order valence-electron chi connectivity index (χ3n) is 6.40. The standard InChI is InChI=1S/C25H33N5O4S2/c1-4-5-12-20-26-14-21(29(20)3)27-22(31)18(15-35)28(2)25(34)19(36)11-8-13-30-23(32)16-9-6-7-10-17(16)24(30)33/h6-7,9-10,14,18-19,35-36H,4-5,8,11-13,15H2,1-3H3,(H,27,31)/t18-,19+/m1/s1. The van der Waals surface area contributed by atoms with Gasteiger partial charge in [0.2, 0.25) is 11.8 Å². The lowest BCUT2D eigenvalue weighted by Crippen LogP contribution is -2.49. The number of hydrogen-bond donors (Lipinski definition) is 3. The largest absolute Gasteiger partial charge is 0.332 e. The van der Waals surface area contributed by atoms with Gasteiger partial charge in [-0.3, -0.25) is 24.1 Å². The van der Waals surface area contributed by atoms with Gasteiger partial charge in [-0.25, -0.2) is 4.98 Å². The molecule has 9 nitrogen and oxygen atoms in total. The number of anilines is 1. The fourth-order valence-electron chi connectivity index (χ4n) is 4.12. The molecule has 0 aliphatic carbocycles. The van der Waals surface area contributed by atoms with Crippen LogP contribution in [0.5, 0.6) is 0 Å². The van der Waals surface area contributed by atoms with E-state index in [0.29, 0.717) is 29.8 Å². The fourth-order valence-corrected chi connectivity index (χ4v) is 4.89. The molecule has 0 radical (unpaired) electrons. The van der Waals surface area contributed by atoms with E-state index < -0.39 is 11.3 Å². The van der Waals surface area contributed by atoms with Crippen LogP contribution in [0, 0.1) is 0 Å². The highest BCUT2D eigenvalue weighted by molar-refractivity contribution is 7.81. The molecule has 2 aromatic rings. The molecule has 0 bridgehead atoms. The van der Waals surface area contributed by atoms with E-state index in [4.69, 9.17) is 0 Å². The molecule has 1 aliphatic heterocycles. The molecule has 0 fully saturated rings. The smallest absolute Gasteiger partial charge is 0.261 e. The number of nitrogens with one attached hydrogen (secondary N) is 1. The van der Waals surface area contributed by atoms with Crippen molar-refractivity contribution in [3.8, 4) is 0 Å². The van der Waals surface area contributed by atoms with Crippen molar-refractivity contribution < 1.29 is 19.2 Å². The predicted molar refractivity (Wildman–Crippen MR) is 145 cm³/mol. The van der Waals surface area contributed by atoms with Crippen LogP contribution in [0.2, 0.25) is 0 Å². The number of likely N-dealkylation sites (N-methyl/N-ethyl adjacent to an activating group) is 1. The molecule has 0 saturated heterocycles. The highest BCUT2D eigenvalue weighted by Crippen LogP contribution is 2.23. The van der Waals surface area contributed by atoms with Crippen molar-refractivity contribution in [1.82, 2.24) is 19.4 Å². The van der Waals surface area contributed by atoms with E-state index in [-0.39, 0.29) is 35.9 Å². The van der Waals surface area contributed by atoms with Crippen molar-refractivity contribution in [2.75, 3.05) is 24.7 Å². The lowest BCUT2D eigenvalue weighted by atomic mass is 10.1. The van der Waals surface area contributed by atoms with Gasteiger partial charge in [0.1, 0.15) is 17.7 Å². The molecule has 3 rings (SSSR count). The zero-order valence-corrected chi connectivity index (χ0v) is 22.6. The van der Waals surface area contributed by atoms with Crippen molar-refractivity contribution in [2.45, 2.75) is 50.3 Å². The number of amides is 4. The summed E-state index contributed by atoms with van der Waals surface area (Å²) in [5, 5.41) is 2.15. The van der Waals surface area contributed by atoms with Crippen molar-refractivity contribution in [2.24, 2.45) is 7.05 Å². The second-order valence-electron chi connectivity index (χ2n) is 8.82. The SMILES string of the molecule is CCCCc1ncc(NC(=O)[C@@H](CS)N(C)C(=O)[C@@H](S)CCCN2C(=O)c3ccccc3C2=O)n1C. The normalized spacial score (nSPS) is 14.5. The molecule has 1 aliphatic rings. The van der Waals surface area contributed by atoms with Gasteiger partial charge in [0.15, 0.2) is 0 Å². The number of hydrogen-bond acceptors (Lipinski definition) is 7. The van der Waals surface area contributed by atoms with Crippen LogP contribution >= 0.6 is 25.3 Å². The van der Waals surface area contributed by atoms with E-state index in [1.807, 2.05) is 11.6 Å². The number of aromatic nitrogens is 2. The first-order chi connectivity index (χ1) is 17.2. The molecular formula is C25H33N5O4S2. The van der Waals surface area contributed by atoms with Gasteiger partial charge >= 0.3 is 0 Å². The molecule has 1 aromatic heterocycles. The Labute approximate surface area is 222 Å². The molecule has 4 amide bonds. The summed E-state index contributed by atoms with van der Waals surface area (Å²) in [6, 6.07) is 5.91. The van der Waals surface area contributed by atoms with Gasteiger partial charge in [0.25, 0.3) is 11.8 Å². The molecule has 11 heteroatoms. The first-order valence-corrected chi connectivity index (χ1v) is 13.2. The van der Waals surface area contributed by atoms with Crippen LogP contribution in [0.25, 0.3) is 0 Å². The molecule has 1 aromatic carbocycles. The number of carbonyl (C=O) groups is 4. The number of imidazole rings is 1.